The molecule has 0 N–H and O–H groups in total. The molecule has 0 aliphatic rings. The van der Waals surface area contributed by atoms with E-state index < -0.39 is 0 Å². The van der Waals surface area contributed by atoms with Gasteiger partial charge in [0.05, 0.1) is 0 Å². The molecule has 0 spiro atoms. The maximum Gasteiger partial charge on any atom is 0.0345 e. The van der Waals surface area contributed by atoms with E-state index in [1.54, 1.807) is 0 Å². The minimum Gasteiger partial charge on any atom is -0.144 e. The lowest BCUT2D eigenvalue weighted by Crippen LogP contribution is -1.91. The van der Waals surface area contributed by atoms with E-state index in [0.717, 1.165) is 12.8 Å². The Morgan fingerprint density at radius 1 is 0.765 bits per heavy atom. The van der Waals surface area contributed by atoms with Gasteiger partial charge < -0.3 is 0 Å². The fourth-order valence-corrected chi connectivity index (χ4v) is 3.03. The SMILES string of the molecule is c1ccc(CCc2cccc3sccc23)cc1. The van der Waals surface area contributed by atoms with E-state index in [1.807, 2.05) is 11.3 Å². The first-order chi connectivity index (χ1) is 8.43. The zero-order valence-corrected chi connectivity index (χ0v) is 10.4. The van der Waals surface area contributed by atoms with Gasteiger partial charge in [-0.15, -0.1) is 11.3 Å². The quantitative estimate of drug-likeness (QED) is 0.621. The topological polar surface area (TPSA) is 0 Å². The summed E-state index contributed by atoms with van der Waals surface area (Å²) in [6, 6.07) is 19.6. The Bertz CT molecular complexity index is 608. The second kappa shape index (κ2) is 4.72. The van der Waals surface area contributed by atoms with Crippen LogP contribution in [0.15, 0.2) is 60.0 Å². The van der Waals surface area contributed by atoms with Gasteiger partial charge in [0, 0.05) is 4.70 Å². The van der Waals surface area contributed by atoms with Crippen molar-refractivity contribution in [1.29, 1.82) is 0 Å². The molecule has 0 bridgehead atoms. The molecular formula is C16H14S. The third kappa shape index (κ3) is 2.25. The van der Waals surface area contributed by atoms with Crippen molar-refractivity contribution in [2.24, 2.45) is 0 Å². The van der Waals surface area contributed by atoms with Crippen LogP contribution in [0.4, 0.5) is 0 Å². The van der Waals surface area contributed by atoms with Crippen molar-refractivity contribution in [1.82, 2.24) is 0 Å². The summed E-state index contributed by atoms with van der Waals surface area (Å²) in [5, 5.41) is 3.60. The number of rotatable bonds is 3. The molecule has 0 saturated carbocycles. The first kappa shape index (κ1) is 10.5. The molecule has 0 aliphatic heterocycles. The summed E-state index contributed by atoms with van der Waals surface area (Å²) in [6.07, 6.45) is 2.24. The summed E-state index contributed by atoms with van der Waals surface area (Å²) in [6.45, 7) is 0. The Kier molecular flexibility index (Phi) is 2.93. The Hall–Kier alpha value is -1.60. The number of thiophene rings is 1. The van der Waals surface area contributed by atoms with Crippen molar-refractivity contribution in [2.45, 2.75) is 12.8 Å². The van der Waals surface area contributed by atoms with Crippen molar-refractivity contribution in [2.75, 3.05) is 0 Å². The maximum atomic E-state index is 2.25. The summed E-state index contributed by atoms with van der Waals surface area (Å²) in [5.41, 5.74) is 2.88. The van der Waals surface area contributed by atoms with Crippen LogP contribution in [0, 0.1) is 0 Å². The number of benzene rings is 2. The number of fused-ring (bicyclic) bond motifs is 1. The summed E-state index contributed by atoms with van der Waals surface area (Å²) in [7, 11) is 0. The fourth-order valence-electron chi connectivity index (χ4n) is 2.20. The van der Waals surface area contributed by atoms with E-state index in [4.69, 9.17) is 0 Å². The fraction of sp³-hybridized carbons (Fsp3) is 0.125. The highest BCUT2D eigenvalue weighted by Crippen LogP contribution is 2.25. The second-order valence-electron chi connectivity index (χ2n) is 4.24. The highest BCUT2D eigenvalue weighted by atomic mass is 32.1. The number of aryl methyl sites for hydroxylation is 2. The average Bonchev–Trinajstić information content (AvgIpc) is 2.86. The molecule has 84 valence electrons. The van der Waals surface area contributed by atoms with Crippen LogP contribution < -0.4 is 0 Å². The standard InChI is InChI=1S/C16H14S/c1-2-5-13(6-3-1)9-10-14-7-4-8-16-15(14)11-12-17-16/h1-8,11-12H,9-10H2. The Morgan fingerprint density at radius 2 is 1.65 bits per heavy atom. The molecule has 0 radical (unpaired) electrons. The largest absolute Gasteiger partial charge is 0.144 e. The van der Waals surface area contributed by atoms with Crippen LogP contribution in [0.5, 0.6) is 0 Å². The highest BCUT2D eigenvalue weighted by Gasteiger charge is 2.01. The zero-order valence-electron chi connectivity index (χ0n) is 9.60. The molecule has 0 fully saturated rings. The van der Waals surface area contributed by atoms with Crippen molar-refractivity contribution in [3.63, 3.8) is 0 Å². The molecule has 3 aromatic rings. The maximum absolute atomic E-state index is 2.25. The van der Waals surface area contributed by atoms with Crippen LogP contribution in [0.2, 0.25) is 0 Å². The zero-order chi connectivity index (χ0) is 11.5. The van der Waals surface area contributed by atoms with Crippen molar-refractivity contribution in [3.05, 3.63) is 71.1 Å². The molecule has 0 saturated heterocycles. The van der Waals surface area contributed by atoms with Gasteiger partial charge in [0.1, 0.15) is 0 Å². The lowest BCUT2D eigenvalue weighted by molar-refractivity contribution is 0.970. The molecule has 3 rings (SSSR count). The van der Waals surface area contributed by atoms with E-state index >= 15 is 0 Å². The molecule has 1 heteroatoms. The molecule has 0 unspecified atom stereocenters. The normalized spacial score (nSPS) is 10.8. The van der Waals surface area contributed by atoms with Crippen LogP contribution in [0.25, 0.3) is 10.1 Å². The van der Waals surface area contributed by atoms with Crippen LogP contribution in [-0.2, 0) is 12.8 Å². The monoisotopic (exact) mass is 238 g/mol. The van der Waals surface area contributed by atoms with Crippen molar-refractivity contribution < 1.29 is 0 Å². The van der Waals surface area contributed by atoms with Gasteiger partial charge in [0.2, 0.25) is 0 Å². The number of hydrogen-bond acceptors (Lipinski definition) is 1. The van der Waals surface area contributed by atoms with Gasteiger partial charge >= 0.3 is 0 Å². The van der Waals surface area contributed by atoms with Gasteiger partial charge in [-0.3, -0.25) is 0 Å². The Morgan fingerprint density at radius 3 is 2.53 bits per heavy atom. The van der Waals surface area contributed by atoms with E-state index in [2.05, 4.69) is 60.0 Å². The molecule has 2 aromatic carbocycles. The summed E-state index contributed by atoms with van der Waals surface area (Å²) in [5.74, 6) is 0. The number of hydrogen-bond donors (Lipinski definition) is 0. The average molecular weight is 238 g/mol. The van der Waals surface area contributed by atoms with Gasteiger partial charge in [-0.25, -0.2) is 0 Å². The van der Waals surface area contributed by atoms with Gasteiger partial charge in [-0.05, 0) is 46.9 Å². The molecule has 0 atom stereocenters. The van der Waals surface area contributed by atoms with Crippen molar-refractivity contribution in [3.8, 4) is 0 Å². The highest BCUT2D eigenvalue weighted by molar-refractivity contribution is 7.17. The predicted molar refractivity (Wildman–Crippen MR) is 75.7 cm³/mol. The summed E-state index contributed by atoms with van der Waals surface area (Å²) >= 11 is 1.82. The minimum atomic E-state index is 1.12. The third-order valence-electron chi connectivity index (χ3n) is 3.11. The van der Waals surface area contributed by atoms with Crippen LogP contribution >= 0.6 is 11.3 Å². The molecule has 17 heavy (non-hydrogen) atoms. The molecule has 1 heterocycles. The lowest BCUT2D eigenvalue weighted by atomic mass is 10.0. The Labute approximate surface area is 106 Å². The minimum absolute atomic E-state index is 1.12. The first-order valence-corrected chi connectivity index (χ1v) is 6.80. The van der Waals surface area contributed by atoms with Crippen LogP contribution in [0.3, 0.4) is 0 Å². The first-order valence-electron chi connectivity index (χ1n) is 5.92. The second-order valence-corrected chi connectivity index (χ2v) is 5.18. The molecular weight excluding hydrogens is 224 g/mol. The molecule has 0 amide bonds. The lowest BCUT2D eigenvalue weighted by Gasteiger charge is -2.03. The predicted octanol–water partition coefficient (Wildman–Crippen LogP) is 4.69. The van der Waals surface area contributed by atoms with Gasteiger partial charge in [-0.1, -0.05) is 42.5 Å². The van der Waals surface area contributed by atoms with E-state index in [0.29, 0.717) is 0 Å². The molecule has 0 aliphatic carbocycles. The Balaban J connectivity index is 1.84. The van der Waals surface area contributed by atoms with Crippen LogP contribution in [0.1, 0.15) is 11.1 Å². The van der Waals surface area contributed by atoms with Crippen LogP contribution in [-0.4, -0.2) is 0 Å². The van der Waals surface area contributed by atoms with Gasteiger partial charge in [0.25, 0.3) is 0 Å². The molecule has 0 nitrogen and oxygen atoms in total. The van der Waals surface area contributed by atoms with Gasteiger partial charge in [0.15, 0.2) is 0 Å². The van der Waals surface area contributed by atoms with E-state index in [9.17, 15) is 0 Å². The van der Waals surface area contributed by atoms with Gasteiger partial charge in [-0.2, -0.15) is 0 Å². The summed E-state index contributed by atoms with van der Waals surface area (Å²) < 4.78 is 1.40. The summed E-state index contributed by atoms with van der Waals surface area (Å²) in [4.78, 5) is 0. The van der Waals surface area contributed by atoms with E-state index in [1.165, 1.54) is 21.2 Å². The smallest absolute Gasteiger partial charge is 0.0345 e. The van der Waals surface area contributed by atoms with Crippen molar-refractivity contribution >= 4 is 21.4 Å². The van der Waals surface area contributed by atoms with E-state index in [-0.39, 0.29) is 0 Å². The molecule has 1 aromatic heterocycles. The third-order valence-corrected chi connectivity index (χ3v) is 3.99.